The molecule has 6 aromatic rings. The summed E-state index contributed by atoms with van der Waals surface area (Å²) in [6, 6.07) is 42.4. The number of fused-ring (bicyclic) bond motifs is 7. The molecule has 33 heavy (non-hydrogen) atoms. The van der Waals surface area contributed by atoms with Crippen molar-refractivity contribution in [2.45, 2.75) is 6.92 Å². The minimum Gasteiger partial charge on any atom is -0.456 e. The maximum absolute atomic E-state index is 6.42. The molecule has 1 nitrogen and oxygen atoms in total. The first kappa shape index (κ1) is 18.7. The van der Waals surface area contributed by atoms with Crippen LogP contribution in [0.15, 0.2) is 120 Å². The van der Waals surface area contributed by atoms with Gasteiger partial charge in [0, 0.05) is 10.8 Å². The van der Waals surface area contributed by atoms with Crippen molar-refractivity contribution in [1.29, 1.82) is 0 Å². The zero-order valence-electron chi connectivity index (χ0n) is 18.4. The quantitative estimate of drug-likeness (QED) is 0.336. The van der Waals surface area contributed by atoms with Crippen LogP contribution >= 0.6 is 0 Å². The number of rotatable bonds is 2. The molecule has 2 heterocycles. The third-order valence-corrected chi connectivity index (χ3v) is 12.1. The topological polar surface area (TPSA) is 13.1 Å². The summed E-state index contributed by atoms with van der Waals surface area (Å²) < 4.78 is 6.42. The zero-order valence-corrected chi connectivity index (χ0v) is 19.4. The third-order valence-electron chi connectivity index (χ3n) is 7.28. The highest BCUT2D eigenvalue weighted by Gasteiger charge is 2.49. The van der Waals surface area contributed by atoms with Crippen LogP contribution in [0.25, 0.3) is 33.1 Å². The van der Waals surface area contributed by atoms with E-state index in [1.165, 1.54) is 48.2 Å². The Balaban J connectivity index is 1.73. The maximum Gasteiger partial charge on any atom is 0.180 e. The van der Waals surface area contributed by atoms with Crippen LogP contribution in [0.1, 0.15) is 5.56 Å². The Bertz CT molecular complexity index is 1620. The second-order valence-electron chi connectivity index (χ2n) is 8.94. The van der Waals surface area contributed by atoms with Gasteiger partial charge in [-0.1, -0.05) is 109 Å². The number of furan rings is 1. The second kappa shape index (κ2) is 6.81. The average Bonchev–Trinajstić information content (AvgIpc) is 3.40. The van der Waals surface area contributed by atoms with Gasteiger partial charge in [0.05, 0.1) is 0 Å². The first-order valence-corrected chi connectivity index (χ1v) is 13.5. The summed E-state index contributed by atoms with van der Waals surface area (Å²) in [7, 11) is -2.46. The van der Waals surface area contributed by atoms with Crippen LogP contribution in [0, 0.1) is 6.92 Å². The largest absolute Gasteiger partial charge is 0.456 e. The van der Waals surface area contributed by atoms with E-state index in [4.69, 9.17) is 4.42 Å². The number of hydrogen-bond acceptors (Lipinski definition) is 1. The van der Waals surface area contributed by atoms with Gasteiger partial charge < -0.3 is 4.42 Å². The average molecular weight is 439 g/mol. The van der Waals surface area contributed by atoms with E-state index in [0.717, 1.165) is 11.2 Å². The van der Waals surface area contributed by atoms with E-state index < -0.39 is 8.07 Å². The SMILES string of the molecule is Cc1cccc2c1oc1ccc3c(c12)-c1ccccc1[Si]3(c1ccccc1)c1ccccc1. The summed E-state index contributed by atoms with van der Waals surface area (Å²) in [5.41, 5.74) is 5.85. The van der Waals surface area contributed by atoms with E-state index in [-0.39, 0.29) is 0 Å². The minimum atomic E-state index is -2.46. The fraction of sp³-hybridized carbons (Fsp3) is 0.0323. The van der Waals surface area contributed by atoms with Crippen LogP contribution in [0.4, 0.5) is 0 Å². The molecule has 0 bridgehead atoms. The Hall–Kier alpha value is -3.88. The van der Waals surface area contributed by atoms with Crippen molar-refractivity contribution in [3.05, 3.63) is 121 Å². The van der Waals surface area contributed by atoms with Crippen LogP contribution in [0.2, 0.25) is 0 Å². The monoisotopic (exact) mass is 438 g/mol. The van der Waals surface area contributed by atoms with Crippen molar-refractivity contribution in [2.24, 2.45) is 0 Å². The molecule has 0 atom stereocenters. The van der Waals surface area contributed by atoms with Gasteiger partial charge in [-0.25, -0.2) is 0 Å². The predicted octanol–water partition coefficient (Wildman–Crippen LogP) is 5.25. The highest BCUT2D eigenvalue weighted by Crippen LogP contribution is 2.40. The number of benzene rings is 5. The van der Waals surface area contributed by atoms with Crippen LogP contribution in [-0.2, 0) is 0 Å². The molecule has 0 aliphatic carbocycles. The summed E-state index contributed by atoms with van der Waals surface area (Å²) in [4.78, 5) is 0. The molecular formula is C31H22OSi. The van der Waals surface area contributed by atoms with E-state index in [2.05, 4.69) is 122 Å². The summed E-state index contributed by atoms with van der Waals surface area (Å²) in [6.45, 7) is 2.13. The molecule has 0 amide bonds. The van der Waals surface area contributed by atoms with Gasteiger partial charge >= 0.3 is 0 Å². The van der Waals surface area contributed by atoms with Gasteiger partial charge in [-0.15, -0.1) is 0 Å². The molecule has 0 radical (unpaired) electrons. The van der Waals surface area contributed by atoms with Gasteiger partial charge in [-0.2, -0.15) is 0 Å². The van der Waals surface area contributed by atoms with Gasteiger partial charge in [-0.05, 0) is 50.4 Å². The Labute approximate surface area is 194 Å². The van der Waals surface area contributed by atoms with Crippen molar-refractivity contribution >= 4 is 50.8 Å². The Morgan fingerprint density at radius 1 is 0.576 bits per heavy atom. The highest BCUT2D eigenvalue weighted by atomic mass is 28.3. The van der Waals surface area contributed by atoms with Crippen LogP contribution in [0.5, 0.6) is 0 Å². The van der Waals surface area contributed by atoms with E-state index in [1.807, 2.05) is 0 Å². The standard InChI is InChI=1S/C31H22OSi/c1-21-11-10-17-25-29-26(32-31(21)25)19-20-28-30(29)24-16-8-9-18-27(24)33(28,22-12-4-2-5-13-22)23-14-6-3-7-15-23/h2-20H,1H3. The van der Waals surface area contributed by atoms with Gasteiger partial charge in [0.1, 0.15) is 11.2 Å². The number of aryl methyl sites for hydroxylation is 1. The fourth-order valence-corrected chi connectivity index (χ4v) is 11.1. The molecule has 0 fully saturated rings. The molecule has 0 N–H and O–H groups in total. The van der Waals surface area contributed by atoms with Crippen molar-refractivity contribution < 1.29 is 4.42 Å². The molecule has 0 spiro atoms. The highest BCUT2D eigenvalue weighted by molar-refractivity contribution is 7.22. The minimum absolute atomic E-state index is 0.971. The summed E-state index contributed by atoms with van der Waals surface area (Å²) in [5, 5.41) is 8.23. The lowest BCUT2D eigenvalue weighted by Gasteiger charge is -2.31. The summed E-state index contributed by atoms with van der Waals surface area (Å²) in [5.74, 6) is 0. The van der Waals surface area contributed by atoms with Gasteiger partial charge in [-0.3, -0.25) is 0 Å². The number of hydrogen-bond donors (Lipinski definition) is 0. The second-order valence-corrected chi connectivity index (χ2v) is 12.7. The smallest absolute Gasteiger partial charge is 0.180 e. The van der Waals surface area contributed by atoms with E-state index in [0.29, 0.717) is 0 Å². The Morgan fingerprint density at radius 2 is 1.24 bits per heavy atom. The summed E-state index contributed by atoms with van der Waals surface area (Å²) >= 11 is 0. The third kappa shape index (κ3) is 2.36. The zero-order chi connectivity index (χ0) is 22.0. The first-order chi connectivity index (χ1) is 16.3. The number of para-hydroxylation sites is 1. The Kier molecular flexibility index (Phi) is 3.85. The van der Waals surface area contributed by atoms with Gasteiger partial charge in [0.15, 0.2) is 8.07 Å². The van der Waals surface area contributed by atoms with Crippen LogP contribution < -0.4 is 20.7 Å². The molecular weight excluding hydrogens is 416 g/mol. The lowest BCUT2D eigenvalue weighted by Crippen LogP contribution is -2.72. The van der Waals surface area contributed by atoms with Crippen LogP contribution in [0.3, 0.4) is 0 Å². The molecule has 2 heteroatoms. The first-order valence-electron chi connectivity index (χ1n) is 11.5. The lowest BCUT2D eigenvalue weighted by atomic mass is 9.99. The van der Waals surface area contributed by atoms with E-state index in [1.54, 1.807) is 0 Å². The molecule has 7 rings (SSSR count). The molecule has 156 valence electrons. The fourth-order valence-electron chi connectivity index (χ4n) is 5.96. The Morgan fingerprint density at radius 3 is 1.97 bits per heavy atom. The lowest BCUT2D eigenvalue weighted by molar-refractivity contribution is 0.666. The van der Waals surface area contributed by atoms with E-state index in [9.17, 15) is 0 Å². The van der Waals surface area contributed by atoms with Crippen LogP contribution in [-0.4, -0.2) is 8.07 Å². The van der Waals surface area contributed by atoms with Crippen molar-refractivity contribution in [3.63, 3.8) is 0 Å². The summed E-state index contributed by atoms with van der Waals surface area (Å²) in [6.07, 6.45) is 0. The molecule has 0 unspecified atom stereocenters. The molecule has 0 saturated heterocycles. The molecule has 1 aliphatic rings. The maximum atomic E-state index is 6.42. The van der Waals surface area contributed by atoms with Crippen molar-refractivity contribution in [3.8, 4) is 11.1 Å². The molecule has 0 saturated carbocycles. The normalized spacial score (nSPS) is 13.8. The molecule has 1 aromatic heterocycles. The van der Waals surface area contributed by atoms with Crippen molar-refractivity contribution in [2.75, 3.05) is 0 Å². The molecule has 1 aliphatic heterocycles. The van der Waals surface area contributed by atoms with E-state index >= 15 is 0 Å². The van der Waals surface area contributed by atoms with Crippen molar-refractivity contribution in [1.82, 2.24) is 0 Å². The predicted molar refractivity (Wildman–Crippen MR) is 141 cm³/mol. The van der Waals surface area contributed by atoms with Gasteiger partial charge in [0.25, 0.3) is 0 Å². The molecule has 5 aromatic carbocycles. The van der Waals surface area contributed by atoms with Gasteiger partial charge in [0.2, 0.25) is 0 Å².